The molecule has 1 heterocycles. The van der Waals surface area contributed by atoms with Crippen LogP contribution in [-0.2, 0) is 16.0 Å². The summed E-state index contributed by atoms with van der Waals surface area (Å²) in [5.41, 5.74) is 4.71. The van der Waals surface area contributed by atoms with Gasteiger partial charge in [0.2, 0.25) is 0 Å². The minimum Gasteiger partial charge on any atom is -0.449 e. The number of ether oxygens (including phenoxy) is 2. The quantitative estimate of drug-likeness (QED) is 0.842. The number of rotatable bonds is 5. The van der Waals surface area contributed by atoms with Crippen molar-refractivity contribution in [1.82, 2.24) is 15.4 Å². The Morgan fingerprint density at radius 2 is 1.72 bits per heavy atom. The van der Waals surface area contributed by atoms with E-state index in [1.807, 2.05) is 42.5 Å². The van der Waals surface area contributed by atoms with Crippen molar-refractivity contribution in [1.29, 1.82) is 0 Å². The molecule has 0 radical (unpaired) electrons. The van der Waals surface area contributed by atoms with Gasteiger partial charge in [-0.3, -0.25) is 4.98 Å². The maximum atomic E-state index is 12.0. The summed E-state index contributed by atoms with van der Waals surface area (Å²) in [5.74, 6) is 0. The van der Waals surface area contributed by atoms with Crippen LogP contribution in [0.3, 0.4) is 0 Å². The second-order valence-corrected chi connectivity index (χ2v) is 5.00. The third-order valence-corrected chi connectivity index (χ3v) is 3.19. The molecule has 0 aliphatic carbocycles. The lowest BCUT2D eigenvalue weighted by atomic mass is 10.1. The predicted octanol–water partition coefficient (Wildman–Crippen LogP) is 3.37. The van der Waals surface area contributed by atoms with E-state index in [-0.39, 0.29) is 19.8 Å². The second-order valence-electron chi connectivity index (χ2n) is 5.00. The Kier molecular flexibility index (Phi) is 6.76. The van der Waals surface area contributed by atoms with Gasteiger partial charge < -0.3 is 9.47 Å². The first-order valence-corrected chi connectivity index (χ1v) is 8.03. The molecular formula is C18H21N3O4. The number of benzene rings is 1. The summed E-state index contributed by atoms with van der Waals surface area (Å²) in [6.07, 6.45) is -1.41. The van der Waals surface area contributed by atoms with Crippen molar-refractivity contribution in [3.8, 4) is 11.3 Å². The minimum absolute atomic E-state index is 0.0539. The summed E-state index contributed by atoms with van der Waals surface area (Å²) in [6.45, 7) is 3.81. The molecule has 1 aromatic heterocycles. The van der Waals surface area contributed by atoms with Gasteiger partial charge in [0.1, 0.15) is 0 Å². The summed E-state index contributed by atoms with van der Waals surface area (Å²) < 4.78 is 9.77. The molecule has 2 amide bonds. The van der Waals surface area contributed by atoms with Crippen molar-refractivity contribution in [2.24, 2.45) is 0 Å². The molecule has 1 N–H and O–H groups in total. The van der Waals surface area contributed by atoms with Crippen molar-refractivity contribution < 1.29 is 19.1 Å². The zero-order valence-corrected chi connectivity index (χ0v) is 14.3. The van der Waals surface area contributed by atoms with Gasteiger partial charge >= 0.3 is 12.2 Å². The highest BCUT2D eigenvalue weighted by atomic mass is 16.6. The minimum atomic E-state index is -0.727. The third-order valence-electron chi connectivity index (χ3n) is 3.19. The molecule has 1 aromatic carbocycles. The van der Waals surface area contributed by atoms with Gasteiger partial charge in [0.25, 0.3) is 0 Å². The summed E-state index contributed by atoms with van der Waals surface area (Å²) in [7, 11) is 0. The average Bonchev–Trinajstić information content (AvgIpc) is 2.62. The van der Waals surface area contributed by atoms with Crippen molar-refractivity contribution in [3.63, 3.8) is 0 Å². The highest BCUT2D eigenvalue weighted by Crippen LogP contribution is 2.17. The molecule has 0 saturated heterocycles. The zero-order valence-electron chi connectivity index (χ0n) is 14.3. The summed E-state index contributed by atoms with van der Waals surface area (Å²) in [6, 6.07) is 15.2. The third kappa shape index (κ3) is 5.49. The van der Waals surface area contributed by atoms with Crippen LogP contribution in [0.2, 0.25) is 0 Å². The van der Waals surface area contributed by atoms with Crippen molar-refractivity contribution >= 4 is 12.2 Å². The highest BCUT2D eigenvalue weighted by Gasteiger charge is 2.19. The van der Waals surface area contributed by atoms with Gasteiger partial charge in [0.05, 0.1) is 31.1 Å². The molecule has 0 spiro atoms. The first-order chi connectivity index (χ1) is 12.1. The summed E-state index contributed by atoms with van der Waals surface area (Å²) >= 11 is 0. The molecule has 0 atom stereocenters. The highest BCUT2D eigenvalue weighted by molar-refractivity contribution is 5.73. The Bertz CT molecular complexity index is 706. The molecule has 25 heavy (non-hydrogen) atoms. The Morgan fingerprint density at radius 1 is 1.00 bits per heavy atom. The topological polar surface area (TPSA) is 80.8 Å². The Balaban J connectivity index is 2.17. The van der Waals surface area contributed by atoms with Crippen LogP contribution in [0.1, 0.15) is 19.5 Å². The normalized spacial score (nSPS) is 10.0. The van der Waals surface area contributed by atoms with E-state index in [1.165, 1.54) is 0 Å². The zero-order chi connectivity index (χ0) is 18.1. The molecule has 0 aliphatic heterocycles. The van der Waals surface area contributed by atoms with Crippen LogP contribution >= 0.6 is 0 Å². The van der Waals surface area contributed by atoms with E-state index in [0.29, 0.717) is 5.69 Å². The van der Waals surface area contributed by atoms with E-state index in [4.69, 9.17) is 9.47 Å². The van der Waals surface area contributed by atoms with Gasteiger partial charge in [-0.05, 0) is 26.0 Å². The monoisotopic (exact) mass is 343 g/mol. The van der Waals surface area contributed by atoms with Crippen LogP contribution in [-0.4, -0.2) is 35.4 Å². The van der Waals surface area contributed by atoms with Crippen LogP contribution < -0.4 is 5.43 Å². The molecule has 7 heteroatoms. The van der Waals surface area contributed by atoms with E-state index < -0.39 is 12.2 Å². The first kappa shape index (κ1) is 18.3. The lowest BCUT2D eigenvalue weighted by Gasteiger charge is -2.21. The Labute approximate surface area is 146 Å². The fourth-order valence-corrected chi connectivity index (χ4v) is 2.12. The summed E-state index contributed by atoms with van der Waals surface area (Å²) in [5, 5.41) is 1.04. The standard InChI is InChI=1S/C18H21N3O4/c1-3-24-17(22)20-21(18(23)25-4-2)13-15-11-8-12-16(19-15)14-9-6-5-7-10-14/h5-12H,3-4,13H2,1-2H3,(H,20,22). The molecule has 0 fully saturated rings. The molecule has 0 saturated carbocycles. The fourth-order valence-electron chi connectivity index (χ4n) is 2.12. The maximum absolute atomic E-state index is 12.0. The number of nitrogens with zero attached hydrogens (tertiary/aromatic N) is 2. The SMILES string of the molecule is CCOC(=O)NN(Cc1cccc(-c2ccccc2)n1)C(=O)OCC. The number of carbonyl (C=O) groups excluding carboxylic acids is 2. The van der Waals surface area contributed by atoms with E-state index in [1.54, 1.807) is 19.9 Å². The molecule has 0 unspecified atom stereocenters. The number of hydrogen-bond donors (Lipinski definition) is 1. The molecular weight excluding hydrogens is 322 g/mol. The fraction of sp³-hybridized carbons (Fsp3) is 0.278. The number of hydrazine groups is 1. The lowest BCUT2D eigenvalue weighted by Crippen LogP contribution is -2.46. The number of nitrogens with one attached hydrogen (secondary N) is 1. The van der Waals surface area contributed by atoms with Gasteiger partial charge in [-0.15, -0.1) is 0 Å². The average molecular weight is 343 g/mol. The van der Waals surface area contributed by atoms with Gasteiger partial charge in [-0.25, -0.2) is 20.0 Å². The van der Waals surface area contributed by atoms with Crippen molar-refractivity contribution in [2.75, 3.05) is 13.2 Å². The van der Waals surface area contributed by atoms with Gasteiger partial charge in [-0.2, -0.15) is 0 Å². The number of carbonyl (C=O) groups is 2. The van der Waals surface area contributed by atoms with Crippen LogP contribution in [0.25, 0.3) is 11.3 Å². The number of aromatic nitrogens is 1. The molecule has 7 nitrogen and oxygen atoms in total. The first-order valence-electron chi connectivity index (χ1n) is 8.03. The van der Waals surface area contributed by atoms with E-state index in [9.17, 15) is 9.59 Å². The van der Waals surface area contributed by atoms with Gasteiger partial charge in [0, 0.05) is 5.56 Å². The van der Waals surface area contributed by atoms with Crippen molar-refractivity contribution in [2.45, 2.75) is 20.4 Å². The van der Waals surface area contributed by atoms with Gasteiger partial charge in [0.15, 0.2) is 0 Å². The molecule has 2 aromatic rings. The Morgan fingerprint density at radius 3 is 2.40 bits per heavy atom. The van der Waals surface area contributed by atoms with E-state index in [0.717, 1.165) is 16.3 Å². The molecule has 132 valence electrons. The second kappa shape index (κ2) is 9.27. The lowest BCUT2D eigenvalue weighted by molar-refractivity contribution is 0.0707. The molecule has 2 rings (SSSR count). The number of amides is 2. The van der Waals surface area contributed by atoms with Crippen LogP contribution in [0.15, 0.2) is 48.5 Å². The van der Waals surface area contributed by atoms with Crippen LogP contribution in [0.4, 0.5) is 9.59 Å². The van der Waals surface area contributed by atoms with Gasteiger partial charge in [-0.1, -0.05) is 36.4 Å². The number of pyridine rings is 1. The molecule has 0 bridgehead atoms. The Hall–Kier alpha value is -3.09. The van der Waals surface area contributed by atoms with Crippen LogP contribution in [0.5, 0.6) is 0 Å². The van der Waals surface area contributed by atoms with Crippen molar-refractivity contribution in [3.05, 3.63) is 54.2 Å². The number of hydrogen-bond acceptors (Lipinski definition) is 5. The predicted molar refractivity (Wildman–Crippen MR) is 92.4 cm³/mol. The maximum Gasteiger partial charge on any atom is 0.429 e. The van der Waals surface area contributed by atoms with Crippen LogP contribution in [0, 0.1) is 0 Å². The smallest absolute Gasteiger partial charge is 0.429 e. The molecule has 0 aliphatic rings. The largest absolute Gasteiger partial charge is 0.449 e. The van der Waals surface area contributed by atoms with E-state index in [2.05, 4.69) is 10.4 Å². The van der Waals surface area contributed by atoms with E-state index >= 15 is 0 Å². The summed E-state index contributed by atoms with van der Waals surface area (Å²) in [4.78, 5) is 28.2.